The number of urea groups is 1. The Labute approximate surface area is 109 Å². The Balaban J connectivity index is 2.40. The Kier molecular flexibility index (Phi) is 5.45. The van der Waals surface area contributed by atoms with Crippen LogP contribution >= 0.6 is 0 Å². The molecule has 0 saturated carbocycles. The van der Waals surface area contributed by atoms with Crippen molar-refractivity contribution in [2.24, 2.45) is 0 Å². The SMILES string of the molecule is CN(C)CCCN(C)C(=O)Nc1cccc(N)c1. The van der Waals surface area contributed by atoms with E-state index in [1.54, 1.807) is 24.1 Å². The molecular weight excluding hydrogens is 228 g/mol. The van der Waals surface area contributed by atoms with Gasteiger partial charge in [-0.05, 0) is 45.3 Å². The van der Waals surface area contributed by atoms with Crippen molar-refractivity contribution in [3.05, 3.63) is 24.3 Å². The molecule has 18 heavy (non-hydrogen) atoms. The third kappa shape index (κ3) is 5.05. The highest BCUT2D eigenvalue weighted by atomic mass is 16.2. The molecular formula is C13H22N4O. The van der Waals surface area contributed by atoms with Crippen LogP contribution in [-0.4, -0.2) is 50.1 Å². The molecule has 3 N–H and O–H groups in total. The molecule has 2 amide bonds. The molecule has 1 aromatic rings. The van der Waals surface area contributed by atoms with Gasteiger partial charge in [0.1, 0.15) is 0 Å². The first-order valence-electron chi connectivity index (χ1n) is 6.01. The van der Waals surface area contributed by atoms with Gasteiger partial charge >= 0.3 is 6.03 Å². The molecule has 0 heterocycles. The van der Waals surface area contributed by atoms with E-state index in [1.807, 2.05) is 26.2 Å². The third-order valence-electron chi connectivity index (χ3n) is 2.58. The predicted molar refractivity (Wildman–Crippen MR) is 75.7 cm³/mol. The number of benzene rings is 1. The summed E-state index contributed by atoms with van der Waals surface area (Å²) in [5.74, 6) is 0. The fourth-order valence-electron chi connectivity index (χ4n) is 1.56. The van der Waals surface area contributed by atoms with Crippen molar-refractivity contribution in [2.45, 2.75) is 6.42 Å². The zero-order valence-corrected chi connectivity index (χ0v) is 11.3. The molecule has 1 rings (SSSR count). The van der Waals surface area contributed by atoms with Crippen molar-refractivity contribution >= 4 is 17.4 Å². The van der Waals surface area contributed by atoms with Crippen molar-refractivity contribution in [2.75, 3.05) is 45.3 Å². The number of nitrogens with two attached hydrogens (primary N) is 1. The summed E-state index contributed by atoms with van der Waals surface area (Å²) in [4.78, 5) is 15.6. The van der Waals surface area contributed by atoms with Crippen LogP contribution in [0.25, 0.3) is 0 Å². The van der Waals surface area contributed by atoms with E-state index < -0.39 is 0 Å². The first-order valence-corrected chi connectivity index (χ1v) is 6.01. The van der Waals surface area contributed by atoms with Crippen LogP contribution in [-0.2, 0) is 0 Å². The van der Waals surface area contributed by atoms with Gasteiger partial charge in [0, 0.05) is 25.0 Å². The second-order valence-corrected chi connectivity index (χ2v) is 4.63. The highest BCUT2D eigenvalue weighted by Gasteiger charge is 2.08. The van der Waals surface area contributed by atoms with Gasteiger partial charge in [0.05, 0.1) is 0 Å². The summed E-state index contributed by atoms with van der Waals surface area (Å²) in [6.45, 7) is 1.70. The topological polar surface area (TPSA) is 61.6 Å². The standard InChI is InChI=1S/C13H22N4O/c1-16(2)8-5-9-17(3)13(18)15-12-7-4-6-11(14)10-12/h4,6-7,10H,5,8-9,14H2,1-3H3,(H,15,18). The fraction of sp³-hybridized carbons (Fsp3) is 0.462. The summed E-state index contributed by atoms with van der Waals surface area (Å²) in [5, 5.41) is 2.81. The smallest absolute Gasteiger partial charge is 0.321 e. The van der Waals surface area contributed by atoms with Gasteiger partial charge in [0.2, 0.25) is 0 Å². The monoisotopic (exact) mass is 250 g/mol. The van der Waals surface area contributed by atoms with E-state index in [1.165, 1.54) is 0 Å². The number of amides is 2. The molecule has 5 heteroatoms. The van der Waals surface area contributed by atoms with Crippen LogP contribution in [0.5, 0.6) is 0 Å². The minimum Gasteiger partial charge on any atom is -0.399 e. The fourth-order valence-corrected chi connectivity index (χ4v) is 1.56. The van der Waals surface area contributed by atoms with Crippen molar-refractivity contribution < 1.29 is 4.79 Å². The molecule has 0 unspecified atom stereocenters. The van der Waals surface area contributed by atoms with E-state index in [9.17, 15) is 4.79 Å². The van der Waals surface area contributed by atoms with Gasteiger partial charge < -0.3 is 20.9 Å². The number of hydrogen-bond acceptors (Lipinski definition) is 3. The van der Waals surface area contributed by atoms with E-state index in [0.29, 0.717) is 5.69 Å². The van der Waals surface area contributed by atoms with Gasteiger partial charge in [-0.15, -0.1) is 0 Å². The zero-order valence-electron chi connectivity index (χ0n) is 11.3. The third-order valence-corrected chi connectivity index (χ3v) is 2.58. The van der Waals surface area contributed by atoms with Crippen LogP contribution in [0, 0.1) is 0 Å². The normalized spacial score (nSPS) is 10.4. The number of nitrogens with one attached hydrogen (secondary N) is 1. The van der Waals surface area contributed by atoms with Gasteiger partial charge in [-0.1, -0.05) is 6.07 Å². The van der Waals surface area contributed by atoms with Gasteiger partial charge in [0.15, 0.2) is 0 Å². The Hall–Kier alpha value is -1.75. The summed E-state index contributed by atoms with van der Waals surface area (Å²) in [6.07, 6.45) is 0.952. The number of carbonyl (C=O) groups excluding carboxylic acids is 1. The maximum Gasteiger partial charge on any atom is 0.321 e. The Morgan fingerprint density at radius 2 is 2.00 bits per heavy atom. The molecule has 0 atom stereocenters. The quantitative estimate of drug-likeness (QED) is 0.782. The van der Waals surface area contributed by atoms with Crippen molar-refractivity contribution in [3.63, 3.8) is 0 Å². The lowest BCUT2D eigenvalue weighted by Gasteiger charge is -2.19. The Bertz CT molecular complexity index is 392. The van der Waals surface area contributed by atoms with E-state index >= 15 is 0 Å². The van der Waals surface area contributed by atoms with Crippen LogP contribution in [0.2, 0.25) is 0 Å². The maximum absolute atomic E-state index is 11.9. The maximum atomic E-state index is 11.9. The Morgan fingerprint density at radius 1 is 1.28 bits per heavy atom. The van der Waals surface area contributed by atoms with E-state index in [2.05, 4.69) is 10.2 Å². The lowest BCUT2D eigenvalue weighted by Crippen LogP contribution is -2.33. The van der Waals surface area contributed by atoms with Crippen LogP contribution in [0.3, 0.4) is 0 Å². The zero-order chi connectivity index (χ0) is 13.5. The minimum absolute atomic E-state index is 0.112. The largest absolute Gasteiger partial charge is 0.399 e. The summed E-state index contributed by atoms with van der Waals surface area (Å²) >= 11 is 0. The number of nitrogen functional groups attached to an aromatic ring is 1. The molecule has 5 nitrogen and oxygen atoms in total. The molecule has 0 bridgehead atoms. The highest BCUT2D eigenvalue weighted by molar-refractivity contribution is 5.89. The molecule has 0 aliphatic carbocycles. The molecule has 1 aromatic carbocycles. The van der Waals surface area contributed by atoms with E-state index in [4.69, 9.17) is 5.73 Å². The van der Waals surface area contributed by atoms with Crippen LogP contribution in [0.15, 0.2) is 24.3 Å². The average molecular weight is 250 g/mol. The summed E-state index contributed by atoms with van der Waals surface area (Å²) in [6, 6.07) is 7.06. The highest BCUT2D eigenvalue weighted by Crippen LogP contribution is 2.12. The van der Waals surface area contributed by atoms with Crippen LogP contribution in [0.1, 0.15) is 6.42 Å². The second kappa shape index (κ2) is 6.86. The van der Waals surface area contributed by atoms with Gasteiger partial charge in [-0.25, -0.2) is 4.79 Å². The van der Waals surface area contributed by atoms with Crippen molar-refractivity contribution in [3.8, 4) is 0 Å². The molecule has 0 fully saturated rings. The van der Waals surface area contributed by atoms with Crippen LogP contribution in [0.4, 0.5) is 16.2 Å². The number of anilines is 2. The van der Waals surface area contributed by atoms with Gasteiger partial charge in [-0.3, -0.25) is 0 Å². The van der Waals surface area contributed by atoms with E-state index in [0.717, 1.165) is 25.2 Å². The second-order valence-electron chi connectivity index (χ2n) is 4.63. The Morgan fingerprint density at radius 3 is 2.61 bits per heavy atom. The van der Waals surface area contributed by atoms with Crippen molar-refractivity contribution in [1.29, 1.82) is 0 Å². The van der Waals surface area contributed by atoms with Crippen LogP contribution < -0.4 is 11.1 Å². The first-order chi connectivity index (χ1) is 8.49. The predicted octanol–water partition coefficient (Wildman–Crippen LogP) is 1.68. The molecule has 0 radical (unpaired) electrons. The summed E-state index contributed by atoms with van der Waals surface area (Å²) in [5.41, 5.74) is 7.02. The summed E-state index contributed by atoms with van der Waals surface area (Å²) in [7, 11) is 5.83. The molecule has 0 saturated heterocycles. The summed E-state index contributed by atoms with van der Waals surface area (Å²) < 4.78 is 0. The molecule has 100 valence electrons. The number of rotatable bonds is 5. The minimum atomic E-state index is -0.112. The average Bonchev–Trinajstić information content (AvgIpc) is 2.28. The molecule has 0 aromatic heterocycles. The molecule has 0 aliphatic rings. The number of hydrogen-bond donors (Lipinski definition) is 2. The number of nitrogens with zero attached hydrogens (tertiary/aromatic N) is 2. The lowest BCUT2D eigenvalue weighted by molar-refractivity contribution is 0.220. The molecule has 0 spiro atoms. The molecule has 0 aliphatic heterocycles. The van der Waals surface area contributed by atoms with Crippen molar-refractivity contribution in [1.82, 2.24) is 9.80 Å². The van der Waals surface area contributed by atoms with E-state index in [-0.39, 0.29) is 6.03 Å². The van der Waals surface area contributed by atoms with Gasteiger partial charge in [-0.2, -0.15) is 0 Å². The lowest BCUT2D eigenvalue weighted by atomic mass is 10.3. The first kappa shape index (κ1) is 14.3. The number of carbonyl (C=O) groups is 1. The van der Waals surface area contributed by atoms with Gasteiger partial charge in [0.25, 0.3) is 0 Å².